The number of carbonyl (C=O) groups excluding carboxylic acids is 1. The summed E-state index contributed by atoms with van der Waals surface area (Å²) < 4.78 is 0.682. The van der Waals surface area contributed by atoms with Gasteiger partial charge < -0.3 is 9.97 Å². The minimum atomic E-state index is -0.705. The first-order valence-electron chi connectivity index (χ1n) is 7.68. The van der Waals surface area contributed by atoms with Crippen LogP contribution in [0.25, 0.3) is 21.8 Å². The first kappa shape index (κ1) is 14.9. The van der Waals surface area contributed by atoms with E-state index in [1.54, 1.807) is 30.3 Å². The number of hydrogen-bond acceptors (Lipinski definition) is 3. The normalized spacial score (nSPS) is 11.1. The standard InChI is InChI=1S/C18H14N4O3/c1-10-6-7-13-11(8-10)9-15(19-13)16(23)21-22-17(24)12-4-2-3-5-14(12)20-18(22)25/h2-9,19H,1H3,(H,20,25)(H,21,23). The quantitative estimate of drug-likeness (QED) is 0.522. The maximum absolute atomic E-state index is 12.5. The highest BCUT2D eigenvalue weighted by Gasteiger charge is 2.14. The number of aryl methyl sites for hydroxylation is 1. The number of H-pyrrole nitrogens is 2. The fourth-order valence-electron chi connectivity index (χ4n) is 2.80. The third kappa shape index (κ3) is 2.51. The molecule has 0 aliphatic carbocycles. The van der Waals surface area contributed by atoms with Crippen molar-refractivity contribution >= 4 is 27.7 Å². The van der Waals surface area contributed by atoms with Crippen LogP contribution in [0.4, 0.5) is 0 Å². The second-order valence-electron chi connectivity index (χ2n) is 5.83. The summed E-state index contributed by atoms with van der Waals surface area (Å²) in [6.07, 6.45) is 0. The summed E-state index contributed by atoms with van der Waals surface area (Å²) in [5, 5.41) is 1.19. The van der Waals surface area contributed by atoms with Crippen LogP contribution >= 0.6 is 0 Å². The highest BCUT2D eigenvalue weighted by atomic mass is 16.2. The average molecular weight is 334 g/mol. The number of aromatic nitrogens is 3. The number of hydrogen-bond donors (Lipinski definition) is 3. The van der Waals surface area contributed by atoms with Crippen LogP contribution in [0.15, 0.2) is 58.1 Å². The Bertz CT molecular complexity index is 1250. The lowest BCUT2D eigenvalue weighted by Crippen LogP contribution is -2.43. The van der Waals surface area contributed by atoms with Crippen molar-refractivity contribution in [3.8, 4) is 0 Å². The van der Waals surface area contributed by atoms with E-state index in [-0.39, 0.29) is 5.69 Å². The van der Waals surface area contributed by atoms with E-state index in [4.69, 9.17) is 0 Å². The second kappa shape index (κ2) is 5.48. The molecule has 124 valence electrons. The molecule has 0 fully saturated rings. The van der Waals surface area contributed by atoms with E-state index in [2.05, 4.69) is 15.4 Å². The van der Waals surface area contributed by atoms with Crippen molar-refractivity contribution in [2.24, 2.45) is 0 Å². The topological polar surface area (TPSA) is 99.8 Å². The molecule has 0 unspecified atom stereocenters. The molecule has 4 rings (SSSR count). The summed E-state index contributed by atoms with van der Waals surface area (Å²) in [4.78, 5) is 42.6. The Morgan fingerprint density at radius 3 is 2.64 bits per heavy atom. The number of nitrogens with one attached hydrogen (secondary N) is 3. The molecule has 2 heterocycles. The monoisotopic (exact) mass is 334 g/mol. The van der Waals surface area contributed by atoms with Gasteiger partial charge in [0.2, 0.25) is 0 Å². The predicted molar refractivity (Wildman–Crippen MR) is 95.6 cm³/mol. The van der Waals surface area contributed by atoms with Gasteiger partial charge in [0.15, 0.2) is 0 Å². The molecule has 0 aliphatic heterocycles. The zero-order chi connectivity index (χ0) is 17.6. The van der Waals surface area contributed by atoms with Crippen LogP contribution in [0.5, 0.6) is 0 Å². The number of aromatic amines is 2. The Morgan fingerprint density at radius 1 is 1.00 bits per heavy atom. The third-order valence-electron chi connectivity index (χ3n) is 4.04. The third-order valence-corrected chi connectivity index (χ3v) is 4.04. The molecule has 0 saturated carbocycles. The molecule has 3 N–H and O–H groups in total. The SMILES string of the molecule is Cc1ccc2[nH]c(C(=O)Nn3c(=O)[nH]c4ccccc4c3=O)cc2c1. The summed E-state index contributed by atoms with van der Waals surface area (Å²) >= 11 is 0. The van der Waals surface area contributed by atoms with Crippen molar-refractivity contribution in [2.75, 3.05) is 5.43 Å². The molecule has 0 saturated heterocycles. The van der Waals surface area contributed by atoms with Gasteiger partial charge in [0.05, 0.1) is 10.9 Å². The zero-order valence-electron chi connectivity index (χ0n) is 13.3. The summed E-state index contributed by atoms with van der Waals surface area (Å²) in [6.45, 7) is 1.96. The highest BCUT2D eigenvalue weighted by Crippen LogP contribution is 2.17. The van der Waals surface area contributed by atoms with Crippen LogP contribution in [0.1, 0.15) is 16.1 Å². The van der Waals surface area contributed by atoms with Gasteiger partial charge in [-0.25, -0.2) is 4.79 Å². The number of rotatable bonds is 2. The Balaban J connectivity index is 1.76. The van der Waals surface area contributed by atoms with Gasteiger partial charge in [0.1, 0.15) is 5.69 Å². The maximum atomic E-state index is 12.5. The van der Waals surface area contributed by atoms with Crippen LogP contribution in [0.3, 0.4) is 0 Å². The van der Waals surface area contributed by atoms with E-state index in [1.807, 2.05) is 25.1 Å². The van der Waals surface area contributed by atoms with Crippen LogP contribution in [0.2, 0.25) is 0 Å². The number of para-hydroxylation sites is 1. The average Bonchev–Trinajstić information content (AvgIpc) is 3.01. The van der Waals surface area contributed by atoms with Crippen LogP contribution in [0, 0.1) is 6.92 Å². The molecule has 7 nitrogen and oxygen atoms in total. The fourth-order valence-corrected chi connectivity index (χ4v) is 2.80. The lowest BCUT2D eigenvalue weighted by atomic mass is 10.2. The van der Waals surface area contributed by atoms with E-state index in [1.165, 1.54) is 0 Å². The molecule has 2 aromatic carbocycles. The number of amides is 1. The summed E-state index contributed by atoms with van der Waals surface area (Å²) in [6, 6.07) is 14.0. The molecule has 2 aromatic heterocycles. The van der Waals surface area contributed by atoms with Crippen molar-refractivity contribution in [2.45, 2.75) is 6.92 Å². The molecule has 7 heteroatoms. The lowest BCUT2D eigenvalue weighted by Gasteiger charge is -2.07. The minimum absolute atomic E-state index is 0.264. The van der Waals surface area contributed by atoms with Gasteiger partial charge in [-0.2, -0.15) is 4.68 Å². The first-order valence-corrected chi connectivity index (χ1v) is 7.68. The van der Waals surface area contributed by atoms with Gasteiger partial charge in [-0.15, -0.1) is 0 Å². The van der Waals surface area contributed by atoms with Gasteiger partial charge in [-0.3, -0.25) is 15.0 Å². The largest absolute Gasteiger partial charge is 0.350 e. The molecule has 0 radical (unpaired) electrons. The van der Waals surface area contributed by atoms with Crippen molar-refractivity contribution in [3.05, 3.63) is 80.6 Å². The van der Waals surface area contributed by atoms with Crippen LogP contribution < -0.4 is 16.7 Å². The maximum Gasteiger partial charge on any atom is 0.348 e. The van der Waals surface area contributed by atoms with Crippen LogP contribution in [-0.4, -0.2) is 20.6 Å². The number of carbonyl (C=O) groups is 1. The molecule has 4 aromatic rings. The molecule has 0 aliphatic rings. The highest BCUT2D eigenvalue weighted by molar-refractivity contribution is 6.02. The predicted octanol–water partition coefficient (Wildman–Crippen LogP) is 1.86. The van der Waals surface area contributed by atoms with E-state index in [0.717, 1.165) is 16.5 Å². The Kier molecular flexibility index (Phi) is 3.28. The molecule has 0 atom stereocenters. The Morgan fingerprint density at radius 2 is 1.80 bits per heavy atom. The zero-order valence-corrected chi connectivity index (χ0v) is 13.3. The van der Waals surface area contributed by atoms with Crippen molar-refractivity contribution < 1.29 is 4.79 Å². The van der Waals surface area contributed by atoms with Gasteiger partial charge in [0, 0.05) is 10.9 Å². The van der Waals surface area contributed by atoms with Crippen molar-refractivity contribution in [1.29, 1.82) is 0 Å². The molecular formula is C18H14N4O3. The molecular weight excluding hydrogens is 320 g/mol. The second-order valence-corrected chi connectivity index (χ2v) is 5.83. The molecule has 0 bridgehead atoms. The summed E-state index contributed by atoms with van der Waals surface area (Å²) in [5.74, 6) is -0.572. The summed E-state index contributed by atoms with van der Waals surface area (Å²) in [5.41, 5.74) is 3.62. The van der Waals surface area contributed by atoms with Crippen LogP contribution in [-0.2, 0) is 0 Å². The molecule has 1 amide bonds. The van der Waals surface area contributed by atoms with E-state index in [9.17, 15) is 14.4 Å². The van der Waals surface area contributed by atoms with E-state index in [0.29, 0.717) is 15.6 Å². The van der Waals surface area contributed by atoms with E-state index < -0.39 is 17.2 Å². The van der Waals surface area contributed by atoms with Gasteiger partial charge in [-0.1, -0.05) is 23.8 Å². The van der Waals surface area contributed by atoms with Crippen molar-refractivity contribution in [3.63, 3.8) is 0 Å². The molecule has 25 heavy (non-hydrogen) atoms. The Labute approximate surface area is 140 Å². The van der Waals surface area contributed by atoms with Crippen molar-refractivity contribution in [1.82, 2.24) is 14.6 Å². The number of nitrogens with zero attached hydrogens (tertiary/aromatic N) is 1. The Hall–Kier alpha value is -3.61. The van der Waals surface area contributed by atoms with Gasteiger partial charge in [-0.05, 0) is 37.3 Å². The number of benzene rings is 2. The van der Waals surface area contributed by atoms with Gasteiger partial charge >= 0.3 is 5.69 Å². The summed E-state index contributed by atoms with van der Waals surface area (Å²) in [7, 11) is 0. The fraction of sp³-hybridized carbons (Fsp3) is 0.0556. The molecule has 0 spiro atoms. The number of fused-ring (bicyclic) bond motifs is 2. The van der Waals surface area contributed by atoms with Gasteiger partial charge in [0.25, 0.3) is 11.5 Å². The smallest absolute Gasteiger partial charge is 0.348 e. The van der Waals surface area contributed by atoms with E-state index >= 15 is 0 Å². The lowest BCUT2D eigenvalue weighted by molar-refractivity contribution is 0.100. The first-order chi connectivity index (χ1) is 12.0. The minimum Gasteiger partial charge on any atom is -0.350 e.